The van der Waals surface area contributed by atoms with Gasteiger partial charge in [-0.2, -0.15) is 0 Å². The molecule has 3 rings (SSSR count). The molecule has 4 nitrogen and oxygen atoms in total. The molecule has 0 N–H and O–H groups in total. The van der Waals surface area contributed by atoms with E-state index in [9.17, 15) is 4.79 Å². The number of rotatable bonds is 8. The van der Waals surface area contributed by atoms with Crippen LogP contribution in [-0.4, -0.2) is 33.4 Å². The number of carbonyl (C=O) groups excluding carboxylic acids is 1. The summed E-state index contributed by atoms with van der Waals surface area (Å²) in [6.07, 6.45) is 0. The van der Waals surface area contributed by atoms with Crippen molar-refractivity contribution in [3.8, 4) is 5.75 Å². The van der Waals surface area contributed by atoms with Gasteiger partial charge in [-0.05, 0) is 49.2 Å². The van der Waals surface area contributed by atoms with Gasteiger partial charge in [0.2, 0.25) is 0 Å². The Hall–Kier alpha value is -2.76. The minimum absolute atomic E-state index is 0.327. The van der Waals surface area contributed by atoms with E-state index < -0.39 is 10.9 Å². The molecule has 0 fully saturated rings. The zero-order chi connectivity index (χ0) is 21.5. The standard InChI is InChI=1S/C25H27O4S/c1-18-16-21(17-19(2)24(18)29-15-14-27-3)30(20-10-6-5-7-11-20)23-13-9-8-12-22(23)25(26)28-4/h5-13,16-17H,14-15H2,1-4H3/q+1. The summed E-state index contributed by atoms with van der Waals surface area (Å²) in [5.74, 6) is 0.556. The highest BCUT2D eigenvalue weighted by Crippen LogP contribution is 2.37. The molecule has 0 saturated heterocycles. The summed E-state index contributed by atoms with van der Waals surface area (Å²) >= 11 is 0. The molecule has 0 aliphatic heterocycles. The average Bonchev–Trinajstić information content (AvgIpc) is 2.76. The Morgan fingerprint density at radius 1 is 0.833 bits per heavy atom. The van der Waals surface area contributed by atoms with Gasteiger partial charge in [0.05, 0.1) is 13.7 Å². The molecule has 5 heteroatoms. The van der Waals surface area contributed by atoms with Crippen molar-refractivity contribution in [3.05, 3.63) is 83.4 Å². The summed E-state index contributed by atoms with van der Waals surface area (Å²) in [5, 5.41) is 0. The molecular weight excluding hydrogens is 396 g/mol. The van der Waals surface area contributed by atoms with E-state index in [4.69, 9.17) is 14.2 Å². The number of aryl methyl sites for hydroxylation is 2. The summed E-state index contributed by atoms with van der Waals surface area (Å²) in [6.45, 7) is 5.16. The zero-order valence-electron chi connectivity index (χ0n) is 17.8. The van der Waals surface area contributed by atoms with Crippen molar-refractivity contribution >= 4 is 16.9 Å². The van der Waals surface area contributed by atoms with Crippen LogP contribution in [0.3, 0.4) is 0 Å². The molecule has 0 aliphatic rings. The summed E-state index contributed by atoms with van der Waals surface area (Å²) in [7, 11) is 2.61. The Morgan fingerprint density at radius 2 is 1.47 bits per heavy atom. The molecule has 30 heavy (non-hydrogen) atoms. The van der Waals surface area contributed by atoms with E-state index in [0.29, 0.717) is 18.8 Å². The quantitative estimate of drug-likeness (QED) is 0.283. The van der Waals surface area contributed by atoms with Gasteiger partial charge < -0.3 is 14.2 Å². The van der Waals surface area contributed by atoms with Crippen molar-refractivity contribution in [2.75, 3.05) is 27.4 Å². The molecule has 0 saturated carbocycles. The smallest absolute Gasteiger partial charge is 0.343 e. The normalized spacial score (nSPS) is 11.7. The maximum Gasteiger partial charge on any atom is 0.343 e. The first-order chi connectivity index (χ1) is 14.6. The molecule has 3 aromatic rings. The van der Waals surface area contributed by atoms with Gasteiger partial charge in [0.15, 0.2) is 14.7 Å². The fraction of sp³-hybridized carbons (Fsp3) is 0.240. The summed E-state index contributed by atoms with van der Waals surface area (Å²) in [5.41, 5.74) is 2.71. The molecule has 0 amide bonds. The average molecular weight is 424 g/mol. The lowest BCUT2D eigenvalue weighted by Crippen LogP contribution is -2.13. The van der Waals surface area contributed by atoms with E-state index in [1.807, 2.05) is 42.5 Å². The highest BCUT2D eigenvalue weighted by Gasteiger charge is 2.34. The number of hydrogen-bond acceptors (Lipinski definition) is 4. The lowest BCUT2D eigenvalue weighted by molar-refractivity contribution is 0.0596. The van der Waals surface area contributed by atoms with Gasteiger partial charge in [-0.15, -0.1) is 0 Å². The molecule has 3 aromatic carbocycles. The second kappa shape index (κ2) is 10.3. The number of hydrogen-bond donors (Lipinski definition) is 0. The van der Waals surface area contributed by atoms with Crippen molar-refractivity contribution in [1.82, 2.24) is 0 Å². The van der Waals surface area contributed by atoms with Crippen LogP contribution in [0.5, 0.6) is 5.75 Å². The third kappa shape index (κ3) is 4.86. The fourth-order valence-corrected chi connectivity index (χ4v) is 5.74. The molecule has 1 atom stereocenters. The van der Waals surface area contributed by atoms with Gasteiger partial charge in [-0.3, -0.25) is 0 Å². The van der Waals surface area contributed by atoms with Crippen molar-refractivity contribution < 1.29 is 19.0 Å². The molecule has 0 aromatic heterocycles. The molecule has 0 aliphatic carbocycles. The van der Waals surface area contributed by atoms with Crippen LogP contribution in [0, 0.1) is 13.8 Å². The van der Waals surface area contributed by atoms with Crippen LogP contribution in [0.1, 0.15) is 21.5 Å². The third-order valence-corrected chi connectivity index (χ3v) is 6.94. The van der Waals surface area contributed by atoms with Gasteiger partial charge in [0, 0.05) is 19.2 Å². The lowest BCUT2D eigenvalue weighted by Gasteiger charge is -2.15. The highest BCUT2D eigenvalue weighted by molar-refractivity contribution is 7.97. The maximum absolute atomic E-state index is 12.5. The zero-order valence-corrected chi connectivity index (χ0v) is 18.6. The SMILES string of the molecule is COCCOc1c(C)cc([S+](c2ccccc2)c2ccccc2C(=O)OC)cc1C. The predicted molar refractivity (Wildman–Crippen MR) is 120 cm³/mol. The molecular formula is C25H27O4S+. The van der Waals surface area contributed by atoms with E-state index in [-0.39, 0.29) is 5.97 Å². The Labute approximate surface area is 181 Å². The van der Waals surface area contributed by atoms with E-state index in [2.05, 4.69) is 38.1 Å². The molecule has 0 bridgehead atoms. The first-order valence-corrected chi connectivity index (χ1v) is 11.0. The summed E-state index contributed by atoms with van der Waals surface area (Å²) in [4.78, 5) is 15.7. The van der Waals surface area contributed by atoms with Crippen LogP contribution in [0.25, 0.3) is 0 Å². The minimum Gasteiger partial charge on any atom is -0.491 e. The Kier molecular flexibility index (Phi) is 7.55. The van der Waals surface area contributed by atoms with Crippen molar-refractivity contribution in [2.45, 2.75) is 28.5 Å². The van der Waals surface area contributed by atoms with Gasteiger partial charge in [0.25, 0.3) is 0 Å². The Balaban J connectivity index is 2.13. The first kappa shape index (κ1) is 21.9. The van der Waals surface area contributed by atoms with Crippen LogP contribution < -0.4 is 4.74 Å². The summed E-state index contributed by atoms with van der Waals surface area (Å²) in [6, 6.07) is 22.2. The maximum atomic E-state index is 12.5. The van der Waals surface area contributed by atoms with Crippen molar-refractivity contribution in [2.24, 2.45) is 0 Å². The second-order valence-electron chi connectivity index (χ2n) is 6.83. The van der Waals surface area contributed by atoms with Crippen LogP contribution >= 0.6 is 0 Å². The monoisotopic (exact) mass is 423 g/mol. The topological polar surface area (TPSA) is 44.8 Å². The predicted octanol–water partition coefficient (Wildman–Crippen LogP) is 5.21. The number of carbonyl (C=O) groups is 1. The second-order valence-corrected chi connectivity index (χ2v) is 8.83. The van der Waals surface area contributed by atoms with Crippen LogP contribution in [0.15, 0.2) is 81.4 Å². The van der Waals surface area contributed by atoms with E-state index >= 15 is 0 Å². The fourth-order valence-electron chi connectivity index (χ4n) is 3.35. The number of esters is 1. The Morgan fingerprint density at radius 3 is 2.10 bits per heavy atom. The van der Waals surface area contributed by atoms with Gasteiger partial charge in [0.1, 0.15) is 28.8 Å². The number of ether oxygens (including phenoxy) is 3. The molecule has 156 valence electrons. The lowest BCUT2D eigenvalue weighted by atomic mass is 10.1. The van der Waals surface area contributed by atoms with E-state index in [0.717, 1.165) is 31.6 Å². The van der Waals surface area contributed by atoms with Crippen LogP contribution in [0.4, 0.5) is 0 Å². The highest BCUT2D eigenvalue weighted by atomic mass is 32.2. The largest absolute Gasteiger partial charge is 0.491 e. The van der Waals surface area contributed by atoms with E-state index in [1.54, 1.807) is 7.11 Å². The molecule has 0 spiro atoms. The molecule has 0 radical (unpaired) electrons. The van der Waals surface area contributed by atoms with E-state index in [1.165, 1.54) is 7.11 Å². The van der Waals surface area contributed by atoms with Crippen molar-refractivity contribution in [1.29, 1.82) is 0 Å². The third-order valence-electron chi connectivity index (χ3n) is 4.69. The molecule has 0 heterocycles. The minimum atomic E-state index is -0.466. The van der Waals surface area contributed by atoms with Gasteiger partial charge in [-0.1, -0.05) is 30.3 Å². The van der Waals surface area contributed by atoms with Crippen molar-refractivity contribution in [3.63, 3.8) is 0 Å². The van der Waals surface area contributed by atoms with Gasteiger partial charge >= 0.3 is 5.97 Å². The number of benzene rings is 3. The van der Waals surface area contributed by atoms with Crippen LogP contribution in [-0.2, 0) is 20.4 Å². The molecule has 1 unspecified atom stereocenters. The van der Waals surface area contributed by atoms with Crippen LogP contribution in [0.2, 0.25) is 0 Å². The first-order valence-electron chi connectivity index (χ1n) is 9.76. The Bertz CT molecular complexity index is 978. The number of methoxy groups -OCH3 is 2. The van der Waals surface area contributed by atoms with Gasteiger partial charge in [-0.25, -0.2) is 4.79 Å². The summed E-state index contributed by atoms with van der Waals surface area (Å²) < 4.78 is 16.1.